The van der Waals surface area contributed by atoms with Crippen LogP contribution in [0.4, 0.5) is 0 Å². The Hall–Kier alpha value is -0.130. The third-order valence-corrected chi connectivity index (χ3v) is 4.62. The van der Waals surface area contributed by atoms with Crippen molar-refractivity contribution in [3.63, 3.8) is 0 Å². The van der Waals surface area contributed by atoms with Gasteiger partial charge in [0.05, 0.1) is 4.75 Å². The minimum Gasteiger partial charge on any atom is -0.330 e. The quantitative estimate of drug-likeness (QED) is 0.750. The fraction of sp³-hybridized carbons (Fsp3) is 1.00. The van der Waals surface area contributed by atoms with Crippen molar-refractivity contribution in [1.82, 2.24) is 4.72 Å². The van der Waals surface area contributed by atoms with Crippen molar-refractivity contribution >= 4 is 10.0 Å². The lowest BCUT2D eigenvalue weighted by molar-refractivity contribution is 0.421. The molecule has 0 fully saturated rings. The Morgan fingerprint density at radius 3 is 2.00 bits per heavy atom. The molecule has 3 N–H and O–H groups in total. The van der Waals surface area contributed by atoms with Gasteiger partial charge < -0.3 is 5.73 Å². The van der Waals surface area contributed by atoms with Gasteiger partial charge in [-0.3, -0.25) is 0 Å². The van der Waals surface area contributed by atoms with Gasteiger partial charge in [-0.1, -0.05) is 13.8 Å². The van der Waals surface area contributed by atoms with Crippen LogP contribution in [0, 0.1) is 5.92 Å². The van der Waals surface area contributed by atoms with Crippen LogP contribution in [0.2, 0.25) is 0 Å². The standard InChI is InChI=1S/C10H24N2O2S/c1-8(2)9(6-7-11)12-15(13,14)10(3,4)5/h8-9,12H,6-7,11H2,1-5H3. The molecule has 0 aliphatic carbocycles. The summed E-state index contributed by atoms with van der Waals surface area (Å²) in [6, 6.07) is -0.0702. The fourth-order valence-electron chi connectivity index (χ4n) is 1.08. The second kappa shape index (κ2) is 5.27. The maximum Gasteiger partial charge on any atom is 0.216 e. The Kier molecular flexibility index (Phi) is 5.23. The molecular formula is C10H24N2O2S. The molecule has 92 valence electrons. The summed E-state index contributed by atoms with van der Waals surface area (Å²) in [4.78, 5) is 0. The topological polar surface area (TPSA) is 72.2 Å². The van der Waals surface area contributed by atoms with Crippen LogP contribution < -0.4 is 10.5 Å². The molecule has 0 aromatic carbocycles. The van der Waals surface area contributed by atoms with E-state index in [1.54, 1.807) is 20.8 Å². The lowest BCUT2D eigenvalue weighted by Gasteiger charge is -2.27. The molecule has 0 heterocycles. The average Bonchev–Trinajstić information content (AvgIpc) is 2.00. The van der Waals surface area contributed by atoms with Gasteiger partial charge in [0, 0.05) is 6.04 Å². The summed E-state index contributed by atoms with van der Waals surface area (Å²) in [5.41, 5.74) is 5.46. The molecule has 0 radical (unpaired) electrons. The molecular weight excluding hydrogens is 212 g/mol. The molecule has 0 bridgehead atoms. The molecule has 0 aromatic heterocycles. The molecule has 1 unspecified atom stereocenters. The Labute approximate surface area is 93.7 Å². The molecule has 0 saturated heterocycles. The SMILES string of the molecule is CC(C)C(CCN)NS(=O)(=O)C(C)(C)C. The van der Waals surface area contributed by atoms with E-state index in [-0.39, 0.29) is 12.0 Å². The third kappa shape index (κ3) is 4.49. The molecule has 0 spiro atoms. The highest BCUT2D eigenvalue weighted by atomic mass is 32.2. The Morgan fingerprint density at radius 1 is 1.27 bits per heavy atom. The molecule has 4 nitrogen and oxygen atoms in total. The first-order valence-corrected chi connectivity index (χ1v) is 6.82. The zero-order valence-corrected chi connectivity index (χ0v) is 11.2. The predicted octanol–water partition coefficient (Wildman–Crippen LogP) is 1.08. The zero-order chi connectivity index (χ0) is 12.3. The van der Waals surface area contributed by atoms with Gasteiger partial charge >= 0.3 is 0 Å². The van der Waals surface area contributed by atoms with Crippen LogP contribution in [-0.4, -0.2) is 25.8 Å². The van der Waals surface area contributed by atoms with E-state index in [1.165, 1.54) is 0 Å². The van der Waals surface area contributed by atoms with Gasteiger partial charge in [0.15, 0.2) is 0 Å². The molecule has 0 amide bonds. The summed E-state index contributed by atoms with van der Waals surface area (Å²) >= 11 is 0. The van der Waals surface area contributed by atoms with E-state index in [9.17, 15) is 8.42 Å². The number of nitrogens with two attached hydrogens (primary N) is 1. The lowest BCUT2D eigenvalue weighted by Crippen LogP contribution is -2.47. The second-order valence-electron chi connectivity index (χ2n) is 5.16. The highest BCUT2D eigenvalue weighted by Crippen LogP contribution is 2.16. The summed E-state index contributed by atoms with van der Waals surface area (Å²) in [6.07, 6.45) is 0.674. The van der Waals surface area contributed by atoms with Gasteiger partial charge in [0.25, 0.3) is 0 Å². The maximum absolute atomic E-state index is 11.9. The monoisotopic (exact) mass is 236 g/mol. The Balaban J connectivity index is 4.68. The van der Waals surface area contributed by atoms with Crippen molar-refractivity contribution in [3.05, 3.63) is 0 Å². The van der Waals surface area contributed by atoms with Crippen LogP contribution in [0.3, 0.4) is 0 Å². The predicted molar refractivity (Wildman–Crippen MR) is 64.1 cm³/mol. The molecule has 5 heteroatoms. The Bertz CT molecular complexity index is 278. The van der Waals surface area contributed by atoms with Gasteiger partial charge in [0.2, 0.25) is 10.0 Å². The lowest BCUT2D eigenvalue weighted by atomic mass is 10.0. The smallest absolute Gasteiger partial charge is 0.216 e. The zero-order valence-electron chi connectivity index (χ0n) is 10.4. The van der Waals surface area contributed by atoms with E-state index in [1.807, 2.05) is 13.8 Å². The van der Waals surface area contributed by atoms with Crippen molar-refractivity contribution in [2.75, 3.05) is 6.54 Å². The minimum atomic E-state index is -3.27. The molecule has 0 rings (SSSR count). The van der Waals surface area contributed by atoms with Gasteiger partial charge in [-0.15, -0.1) is 0 Å². The second-order valence-corrected chi connectivity index (χ2v) is 7.63. The first-order chi connectivity index (χ1) is 6.62. The third-order valence-electron chi connectivity index (χ3n) is 2.40. The summed E-state index contributed by atoms with van der Waals surface area (Å²) in [7, 11) is -3.27. The van der Waals surface area contributed by atoms with Gasteiger partial charge in [-0.25, -0.2) is 13.1 Å². The maximum atomic E-state index is 11.9. The molecule has 1 atom stereocenters. The van der Waals surface area contributed by atoms with Gasteiger partial charge in [-0.05, 0) is 39.7 Å². The van der Waals surface area contributed by atoms with Crippen LogP contribution in [0.25, 0.3) is 0 Å². The van der Waals surface area contributed by atoms with E-state index < -0.39 is 14.8 Å². The molecule has 15 heavy (non-hydrogen) atoms. The first kappa shape index (κ1) is 14.9. The number of sulfonamides is 1. The van der Waals surface area contributed by atoms with E-state index in [0.29, 0.717) is 13.0 Å². The highest BCUT2D eigenvalue weighted by molar-refractivity contribution is 7.90. The van der Waals surface area contributed by atoms with Crippen molar-refractivity contribution in [2.24, 2.45) is 11.7 Å². The molecule has 0 aromatic rings. The number of hydrogen-bond donors (Lipinski definition) is 2. The summed E-state index contributed by atoms with van der Waals surface area (Å²) in [5.74, 6) is 0.255. The number of nitrogens with one attached hydrogen (secondary N) is 1. The fourth-order valence-corrected chi connectivity index (χ4v) is 2.23. The van der Waals surface area contributed by atoms with Crippen LogP contribution in [0.15, 0.2) is 0 Å². The van der Waals surface area contributed by atoms with E-state index in [4.69, 9.17) is 5.73 Å². The van der Waals surface area contributed by atoms with Crippen LogP contribution in [0.1, 0.15) is 41.0 Å². The normalized spacial score (nSPS) is 15.7. The van der Waals surface area contributed by atoms with Crippen molar-refractivity contribution in [3.8, 4) is 0 Å². The van der Waals surface area contributed by atoms with E-state index in [0.717, 1.165) is 0 Å². The van der Waals surface area contributed by atoms with Gasteiger partial charge in [-0.2, -0.15) is 0 Å². The number of hydrogen-bond acceptors (Lipinski definition) is 3. The minimum absolute atomic E-state index is 0.0702. The summed E-state index contributed by atoms with van der Waals surface area (Å²) in [6.45, 7) is 9.55. The van der Waals surface area contributed by atoms with Crippen LogP contribution in [0.5, 0.6) is 0 Å². The molecule has 0 saturated carbocycles. The van der Waals surface area contributed by atoms with Crippen molar-refractivity contribution in [1.29, 1.82) is 0 Å². The molecule has 0 aliphatic heterocycles. The largest absolute Gasteiger partial charge is 0.330 e. The number of rotatable bonds is 5. The van der Waals surface area contributed by atoms with E-state index >= 15 is 0 Å². The van der Waals surface area contributed by atoms with Crippen molar-refractivity contribution < 1.29 is 8.42 Å². The van der Waals surface area contributed by atoms with Crippen molar-refractivity contribution in [2.45, 2.75) is 51.8 Å². The molecule has 0 aliphatic rings. The first-order valence-electron chi connectivity index (χ1n) is 5.33. The van der Waals surface area contributed by atoms with Crippen LogP contribution >= 0.6 is 0 Å². The highest BCUT2D eigenvalue weighted by Gasteiger charge is 2.31. The summed E-state index contributed by atoms with van der Waals surface area (Å²) < 4.78 is 25.7. The van der Waals surface area contributed by atoms with E-state index in [2.05, 4.69) is 4.72 Å². The average molecular weight is 236 g/mol. The van der Waals surface area contributed by atoms with Crippen LogP contribution in [-0.2, 0) is 10.0 Å². The Morgan fingerprint density at radius 2 is 1.73 bits per heavy atom. The summed E-state index contributed by atoms with van der Waals surface area (Å²) in [5, 5.41) is 0. The van der Waals surface area contributed by atoms with Gasteiger partial charge in [0.1, 0.15) is 0 Å².